The molecule has 0 saturated carbocycles. The molecule has 1 aromatic rings. The minimum absolute atomic E-state index is 0.212. The van der Waals surface area contributed by atoms with Gasteiger partial charge in [-0.3, -0.25) is 9.69 Å². The van der Waals surface area contributed by atoms with Crippen LogP contribution in [0.4, 0.5) is 4.79 Å². The third-order valence-electron chi connectivity index (χ3n) is 5.51. The van der Waals surface area contributed by atoms with Gasteiger partial charge in [-0.05, 0) is 31.9 Å². The quantitative estimate of drug-likeness (QED) is 0.747. The maximum absolute atomic E-state index is 12.5. The summed E-state index contributed by atoms with van der Waals surface area (Å²) in [5.41, 5.74) is 0. The molecule has 2 fully saturated rings. The van der Waals surface area contributed by atoms with Crippen molar-refractivity contribution in [2.45, 2.75) is 32.2 Å². The summed E-state index contributed by atoms with van der Waals surface area (Å²) in [4.78, 5) is 30.5. The minimum Gasteiger partial charge on any atom is -0.492 e. The molecule has 7 heteroatoms. The van der Waals surface area contributed by atoms with Crippen LogP contribution in [0.25, 0.3) is 0 Å². The summed E-state index contributed by atoms with van der Waals surface area (Å²) in [5.74, 6) is 1.05. The van der Waals surface area contributed by atoms with Gasteiger partial charge in [-0.1, -0.05) is 18.2 Å². The predicted octanol–water partition coefficient (Wildman–Crippen LogP) is 2.22. The van der Waals surface area contributed by atoms with Crippen molar-refractivity contribution >= 4 is 12.0 Å². The van der Waals surface area contributed by atoms with Crippen LogP contribution in [0.1, 0.15) is 26.2 Å². The third-order valence-corrected chi connectivity index (χ3v) is 5.51. The van der Waals surface area contributed by atoms with Crippen molar-refractivity contribution < 1.29 is 19.1 Å². The summed E-state index contributed by atoms with van der Waals surface area (Å²) >= 11 is 0. The topological polar surface area (TPSA) is 62.3 Å². The van der Waals surface area contributed by atoms with Crippen LogP contribution in [0.3, 0.4) is 0 Å². The molecule has 1 aromatic carbocycles. The Bertz CT molecular complexity index is 632. The lowest BCUT2D eigenvalue weighted by molar-refractivity contribution is -0.131. The van der Waals surface area contributed by atoms with E-state index in [1.165, 1.54) is 0 Å². The van der Waals surface area contributed by atoms with Gasteiger partial charge in [0.25, 0.3) is 0 Å². The first-order chi connectivity index (χ1) is 13.7. The number of amides is 2. The molecule has 0 N–H and O–H groups in total. The first kappa shape index (κ1) is 20.5. The van der Waals surface area contributed by atoms with Gasteiger partial charge in [0.1, 0.15) is 12.4 Å². The zero-order valence-corrected chi connectivity index (χ0v) is 16.7. The summed E-state index contributed by atoms with van der Waals surface area (Å²) in [6, 6.07) is 10.1. The summed E-state index contributed by atoms with van der Waals surface area (Å²) in [7, 11) is 0. The fraction of sp³-hybridized carbons (Fsp3) is 0.619. The van der Waals surface area contributed by atoms with Crippen LogP contribution in [0.5, 0.6) is 5.75 Å². The van der Waals surface area contributed by atoms with Crippen LogP contribution in [-0.2, 0) is 9.53 Å². The molecular formula is C21H31N3O4. The van der Waals surface area contributed by atoms with Crippen molar-refractivity contribution in [1.29, 1.82) is 0 Å². The Morgan fingerprint density at radius 1 is 1.07 bits per heavy atom. The van der Waals surface area contributed by atoms with E-state index in [-0.39, 0.29) is 12.0 Å². The number of ether oxygens (including phenoxy) is 2. The Morgan fingerprint density at radius 2 is 1.82 bits per heavy atom. The number of rotatable bonds is 6. The van der Waals surface area contributed by atoms with Crippen LogP contribution in [-0.4, -0.2) is 85.2 Å². The number of hydrogen-bond acceptors (Lipinski definition) is 5. The fourth-order valence-electron chi connectivity index (χ4n) is 3.90. The van der Waals surface area contributed by atoms with Crippen molar-refractivity contribution in [3.8, 4) is 5.75 Å². The summed E-state index contributed by atoms with van der Waals surface area (Å²) < 4.78 is 10.8. The van der Waals surface area contributed by atoms with Crippen LogP contribution >= 0.6 is 0 Å². The molecule has 0 radical (unpaired) electrons. The maximum atomic E-state index is 12.5. The van der Waals surface area contributed by atoms with E-state index in [2.05, 4.69) is 4.90 Å². The number of carbonyl (C=O) groups excluding carboxylic acids is 2. The molecule has 0 aromatic heterocycles. The van der Waals surface area contributed by atoms with E-state index in [4.69, 9.17) is 9.47 Å². The second-order valence-corrected chi connectivity index (χ2v) is 7.25. The molecule has 1 unspecified atom stereocenters. The summed E-state index contributed by atoms with van der Waals surface area (Å²) in [5, 5.41) is 0. The molecule has 1 atom stereocenters. The number of likely N-dealkylation sites (tertiary alicyclic amines) is 1. The third kappa shape index (κ3) is 5.61. The number of carbonyl (C=O) groups is 2. The average molecular weight is 389 g/mol. The van der Waals surface area contributed by atoms with Crippen LogP contribution < -0.4 is 4.74 Å². The number of benzene rings is 1. The SMILES string of the molecule is CCOC(=O)N1CCN(C2CCC(=O)N(CCOc3ccccc3)CC2)CC1. The van der Waals surface area contributed by atoms with E-state index < -0.39 is 0 Å². The molecule has 0 bridgehead atoms. The molecule has 3 rings (SSSR count). The molecule has 2 aliphatic rings. The molecule has 7 nitrogen and oxygen atoms in total. The van der Waals surface area contributed by atoms with E-state index in [0.717, 1.165) is 38.2 Å². The second kappa shape index (κ2) is 10.3. The minimum atomic E-state index is -0.220. The van der Waals surface area contributed by atoms with Gasteiger partial charge >= 0.3 is 6.09 Å². The molecule has 2 heterocycles. The standard InChI is InChI=1S/C21H31N3O4/c1-2-27-21(26)24-14-12-22(13-15-24)18-8-9-20(25)23(11-10-18)16-17-28-19-6-4-3-5-7-19/h3-7,18H,2,8-17H2,1H3. The molecule has 154 valence electrons. The Labute approximate surface area is 167 Å². The van der Waals surface area contributed by atoms with Gasteiger partial charge in [-0.25, -0.2) is 4.79 Å². The van der Waals surface area contributed by atoms with Crippen molar-refractivity contribution in [3.05, 3.63) is 30.3 Å². The zero-order valence-electron chi connectivity index (χ0n) is 16.7. The lowest BCUT2D eigenvalue weighted by Crippen LogP contribution is -2.52. The smallest absolute Gasteiger partial charge is 0.409 e. The Morgan fingerprint density at radius 3 is 2.54 bits per heavy atom. The predicted molar refractivity (Wildman–Crippen MR) is 106 cm³/mol. The molecular weight excluding hydrogens is 358 g/mol. The van der Waals surface area contributed by atoms with Gasteiger partial charge in [0.05, 0.1) is 13.2 Å². The van der Waals surface area contributed by atoms with Gasteiger partial charge in [-0.2, -0.15) is 0 Å². The van der Waals surface area contributed by atoms with Gasteiger partial charge in [0.2, 0.25) is 5.91 Å². The van der Waals surface area contributed by atoms with Crippen molar-refractivity contribution in [2.24, 2.45) is 0 Å². The summed E-state index contributed by atoms with van der Waals surface area (Å²) in [6.07, 6.45) is 2.21. The zero-order chi connectivity index (χ0) is 19.8. The normalized spacial score (nSPS) is 21.3. The molecule has 28 heavy (non-hydrogen) atoms. The first-order valence-corrected chi connectivity index (χ1v) is 10.3. The average Bonchev–Trinajstić information content (AvgIpc) is 2.91. The van der Waals surface area contributed by atoms with E-state index in [0.29, 0.717) is 45.3 Å². The van der Waals surface area contributed by atoms with Crippen molar-refractivity contribution in [2.75, 3.05) is 52.5 Å². The monoisotopic (exact) mass is 389 g/mol. The summed E-state index contributed by atoms with van der Waals surface area (Å²) in [6.45, 7) is 7.20. The fourth-order valence-corrected chi connectivity index (χ4v) is 3.90. The Balaban J connectivity index is 1.42. The highest BCUT2D eigenvalue weighted by Gasteiger charge is 2.30. The number of hydrogen-bond donors (Lipinski definition) is 0. The lowest BCUT2D eigenvalue weighted by Gasteiger charge is -2.38. The van der Waals surface area contributed by atoms with Crippen LogP contribution in [0, 0.1) is 0 Å². The van der Waals surface area contributed by atoms with E-state index in [1.54, 1.807) is 4.90 Å². The Kier molecular flexibility index (Phi) is 7.54. The van der Waals surface area contributed by atoms with Gasteiger partial charge in [-0.15, -0.1) is 0 Å². The number of nitrogens with zero attached hydrogens (tertiary/aromatic N) is 3. The van der Waals surface area contributed by atoms with Crippen LogP contribution in [0.2, 0.25) is 0 Å². The van der Waals surface area contributed by atoms with Crippen molar-refractivity contribution in [3.63, 3.8) is 0 Å². The van der Waals surface area contributed by atoms with Gasteiger partial charge in [0.15, 0.2) is 0 Å². The van der Waals surface area contributed by atoms with E-state index in [9.17, 15) is 9.59 Å². The van der Waals surface area contributed by atoms with Crippen LogP contribution in [0.15, 0.2) is 30.3 Å². The molecule has 2 aliphatic heterocycles. The van der Waals surface area contributed by atoms with E-state index in [1.807, 2.05) is 42.2 Å². The highest BCUT2D eigenvalue weighted by atomic mass is 16.6. The Hall–Kier alpha value is -2.28. The highest BCUT2D eigenvalue weighted by molar-refractivity contribution is 5.76. The largest absolute Gasteiger partial charge is 0.492 e. The second-order valence-electron chi connectivity index (χ2n) is 7.25. The molecule has 0 aliphatic carbocycles. The number of para-hydroxylation sites is 1. The molecule has 2 amide bonds. The first-order valence-electron chi connectivity index (χ1n) is 10.3. The molecule has 2 saturated heterocycles. The van der Waals surface area contributed by atoms with E-state index >= 15 is 0 Å². The highest BCUT2D eigenvalue weighted by Crippen LogP contribution is 2.20. The van der Waals surface area contributed by atoms with Gasteiger partial charge < -0.3 is 19.3 Å². The lowest BCUT2D eigenvalue weighted by atomic mass is 10.1. The maximum Gasteiger partial charge on any atom is 0.409 e. The number of piperazine rings is 1. The van der Waals surface area contributed by atoms with Crippen molar-refractivity contribution in [1.82, 2.24) is 14.7 Å². The van der Waals surface area contributed by atoms with Gasteiger partial charge in [0, 0.05) is 45.2 Å². The molecule has 0 spiro atoms.